The maximum absolute atomic E-state index is 12.5. The average molecular weight is 338 g/mol. The molecule has 0 aliphatic rings. The maximum atomic E-state index is 12.5. The van der Waals surface area contributed by atoms with Crippen LogP contribution in [0.4, 0.5) is 23.7 Å². The quantitative estimate of drug-likeness (QED) is 0.792. The molecule has 2 aromatic carbocycles. The van der Waals surface area contributed by atoms with Gasteiger partial charge in [0.05, 0.1) is 11.7 Å². The molecule has 0 heterocycles. The van der Waals surface area contributed by atoms with E-state index in [1.807, 2.05) is 19.1 Å². The van der Waals surface area contributed by atoms with Crippen LogP contribution in [-0.4, -0.2) is 17.7 Å². The number of carbonyl (C=O) groups excluding carboxylic acids is 1. The lowest BCUT2D eigenvalue weighted by molar-refractivity contribution is -0.137. The highest BCUT2D eigenvalue weighted by Crippen LogP contribution is 2.29. The number of alkyl halides is 3. The number of carbonyl (C=O) groups is 1. The van der Waals surface area contributed by atoms with Crippen LogP contribution in [0.25, 0.3) is 0 Å². The van der Waals surface area contributed by atoms with E-state index in [1.54, 1.807) is 12.1 Å². The van der Waals surface area contributed by atoms with E-state index in [4.69, 9.17) is 0 Å². The topological polar surface area (TPSA) is 61.4 Å². The molecule has 4 nitrogen and oxygen atoms in total. The molecule has 0 aliphatic heterocycles. The molecule has 2 rings (SSSR count). The molecule has 0 bridgehead atoms. The van der Waals surface area contributed by atoms with Crippen LogP contribution in [0.3, 0.4) is 0 Å². The van der Waals surface area contributed by atoms with Gasteiger partial charge < -0.3 is 15.7 Å². The lowest BCUT2D eigenvalue weighted by atomic mass is 10.1. The van der Waals surface area contributed by atoms with E-state index < -0.39 is 23.9 Å². The van der Waals surface area contributed by atoms with E-state index in [-0.39, 0.29) is 6.54 Å². The first-order chi connectivity index (χ1) is 11.3. The first-order valence-electron chi connectivity index (χ1n) is 7.23. The number of nitrogens with one attached hydrogen (secondary N) is 2. The first kappa shape index (κ1) is 17.8. The lowest BCUT2D eigenvalue weighted by Gasteiger charge is -2.14. The van der Waals surface area contributed by atoms with Crippen molar-refractivity contribution >= 4 is 11.7 Å². The minimum absolute atomic E-state index is 0.122. The van der Waals surface area contributed by atoms with E-state index in [0.717, 1.165) is 17.7 Å². The summed E-state index contributed by atoms with van der Waals surface area (Å²) in [7, 11) is 0. The van der Waals surface area contributed by atoms with Crippen molar-refractivity contribution in [2.75, 3.05) is 11.9 Å². The molecule has 0 saturated carbocycles. The summed E-state index contributed by atoms with van der Waals surface area (Å²) < 4.78 is 37.5. The minimum atomic E-state index is -4.42. The van der Waals surface area contributed by atoms with Gasteiger partial charge >= 0.3 is 12.2 Å². The van der Waals surface area contributed by atoms with Gasteiger partial charge in [0.1, 0.15) is 0 Å². The Labute approximate surface area is 137 Å². The van der Waals surface area contributed by atoms with Gasteiger partial charge in [0.25, 0.3) is 0 Å². The molecular weight excluding hydrogens is 321 g/mol. The van der Waals surface area contributed by atoms with Gasteiger partial charge in [-0.3, -0.25) is 0 Å². The van der Waals surface area contributed by atoms with Crippen molar-refractivity contribution < 1.29 is 23.1 Å². The van der Waals surface area contributed by atoms with Gasteiger partial charge in [0, 0.05) is 12.2 Å². The van der Waals surface area contributed by atoms with Crippen LogP contribution in [0.15, 0.2) is 48.5 Å². The van der Waals surface area contributed by atoms with Gasteiger partial charge in [0.15, 0.2) is 0 Å². The molecule has 0 aromatic heterocycles. The summed E-state index contributed by atoms with van der Waals surface area (Å²) in [4.78, 5) is 11.8. The zero-order valence-corrected chi connectivity index (χ0v) is 12.9. The summed E-state index contributed by atoms with van der Waals surface area (Å²) in [6.45, 7) is 1.72. The van der Waals surface area contributed by atoms with Gasteiger partial charge in [-0.25, -0.2) is 4.79 Å². The smallest absolute Gasteiger partial charge is 0.387 e. The largest absolute Gasteiger partial charge is 0.416 e. The fourth-order valence-electron chi connectivity index (χ4n) is 2.08. The Morgan fingerprint density at radius 2 is 1.75 bits per heavy atom. The second-order valence-electron chi connectivity index (χ2n) is 5.29. The third-order valence-electron chi connectivity index (χ3n) is 3.47. The number of halogens is 3. The van der Waals surface area contributed by atoms with Crippen LogP contribution < -0.4 is 10.6 Å². The molecule has 0 radical (unpaired) electrons. The Morgan fingerprint density at radius 1 is 1.12 bits per heavy atom. The van der Waals surface area contributed by atoms with E-state index >= 15 is 0 Å². The molecule has 2 aromatic rings. The van der Waals surface area contributed by atoms with Gasteiger partial charge in [-0.05, 0) is 36.2 Å². The molecule has 0 saturated heterocycles. The molecule has 1 unspecified atom stereocenters. The number of rotatable bonds is 4. The summed E-state index contributed by atoms with van der Waals surface area (Å²) in [5, 5.41) is 15.1. The summed E-state index contributed by atoms with van der Waals surface area (Å²) in [6, 6.07) is 10.9. The van der Waals surface area contributed by atoms with Crippen molar-refractivity contribution in [2.24, 2.45) is 0 Å². The van der Waals surface area contributed by atoms with E-state index in [1.165, 1.54) is 12.1 Å². The molecule has 0 aliphatic carbocycles. The Kier molecular flexibility index (Phi) is 5.46. The average Bonchev–Trinajstić information content (AvgIpc) is 2.54. The van der Waals surface area contributed by atoms with Crippen LogP contribution >= 0.6 is 0 Å². The van der Waals surface area contributed by atoms with E-state index in [9.17, 15) is 23.1 Å². The standard InChI is InChI=1S/C17H17F3N2O2/c1-11-4-2-3-5-14(11)22-16(24)21-10-15(23)12-6-8-13(9-7-12)17(18,19)20/h2-9,15,23H,10H2,1H3,(H2,21,22,24). The van der Waals surface area contributed by atoms with Crippen LogP contribution in [0, 0.1) is 6.92 Å². The third kappa shape index (κ3) is 4.73. The number of aliphatic hydroxyl groups excluding tert-OH is 1. The number of benzene rings is 2. The van der Waals surface area contributed by atoms with Crippen molar-refractivity contribution in [3.63, 3.8) is 0 Å². The number of aryl methyl sites for hydroxylation is 1. The highest BCUT2D eigenvalue weighted by molar-refractivity contribution is 5.90. The molecule has 24 heavy (non-hydrogen) atoms. The molecule has 0 spiro atoms. The fourth-order valence-corrected chi connectivity index (χ4v) is 2.08. The van der Waals surface area contributed by atoms with Gasteiger partial charge in [0.2, 0.25) is 0 Å². The molecular formula is C17H17F3N2O2. The number of hydrogen-bond acceptors (Lipinski definition) is 2. The molecule has 3 N–H and O–H groups in total. The normalized spacial score (nSPS) is 12.5. The molecule has 2 amide bonds. The van der Waals surface area contributed by atoms with Gasteiger partial charge in [-0.15, -0.1) is 0 Å². The molecule has 1 atom stereocenters. The van der Waals surface area contributed by atoms with Crippen molar-refractivity contribution in [3.8, 4) is 0 Å². The summed E-state index contributed by atoms with van der Waals surface area (Å²) in [5.41, 5.74) is 1.03. The third-order valence-corrected chi connectivity index (χ3v) is 3.47. The number of anilines is 1. The number of aliphatic hydroxyl groups is 1. The van der Waals surface area contributed by atoms with E-state index in [2.05, 4.69) is 10.6 Å². The van der Waals surface area contributed by atoms with Crippen molar-refractivity contribution in [2.45, 2.75) is 19.2 Å². The Bertz CT molecular complexity index is 700. The van der Waals surface area contributed by atoms with Crippen molar-refractivity contribution in [3.05, 3.63) is 65.2 Å². The predicted octanol–water partition coefficient (Wildman–Crippen LogP) is 3.87. The second-order valence-corrected chi connectivity index (χ2v) is 5.29. The number of amides is 2. The van der Waals surface area contributed by atoms with Crippen molar-refractivity contribution in [1.82, 2.24) is 5.32 Å². The summed E-state index contributed by atoms with van der Waals surface area (Å²) >= 11 is 0. The Morgan fingerprint density at radius 3 is 2.33 bits per heavy atom. The minimum Gasteiger partial charge on any atom is -0.387 e. The number of hydrogen-bond donors (Lipinski definition) is 3. The summed E-state index contributed by atoms with van der Waals surface area (Å²) in [5.74, 6) is 0. The van der Waals surface area contributed by atoms with Crippen LogP contribution in [0.1, 0.15) is 22.8 Å². The maximum Gasteiger partial charge on any atom is 0.416 e. The van der Waals surface area contributed by atoms with Gasteiger partial charge in [-0.2, -0.15) is 13.2 Å². The Balaban J connectivity index is 1.89. The van der Waals surface area contributed by atoms with Gasteiger partial charge in [-0.1, -0.05) is 30.3 Å². The fraction of sp³-hybridized carbons (Fsp3) is 0.235. The number of para-hydroxylation sites is 1. The zero-order chi connectivity index (χ0) is 17.7. The van der Waals surface area contributed by atoms with Crippen LogP contribution in [0.2, 0.25) is 0 Å². The Hall–Kier alpha value is -2.54. The SMILES string of the molecule is Cc1ccccc1NC(=O)NCC(O)c1ccc(C(F)(F)F)cc1. The zero-order valence-electron chi connectivity index (χ0n) is 12.9. The van der Waals surface area contributed by atoms with Crippen molar-refractivity contribution in [1.29, 1.82) is 0 Å². The number of urea groups is 1. The van der Waals surface area contributed by atoms with Crippen LogP contribution in [0.5, 0.6) is 0 Å². The monoisotopic (exact) mass is 338 g/mol. The second kappa shape index (κ2) is 7.35. The van der Waals surface area contributed by atoms with E-state index in [0.29, 0.717) is 11.3 Å². The highest BCUT2D eigenvalue weighted by atomic mass is 19.4. The molecule has 128 valence electrons. The molecule has 7 heteroatoms. The first-order valence-corrected chi connectivity index (χ1v) is 7.23. The highest BCUT2D eigenvalue weighted by Gasteiger charge is 2.30. The molecule has 0 fully saturated rings. The lowest BCUT2D eigenvalue weighted by Crippen LogP contribution is -2.32. The van der Waals surface area contributed by atoms with Crippen LogP contribution in [-0.2, 0) is 6.18 Å². The predicted molar refractivity (Wildman–Crippen MR) is 84.6 cm³/mol. The summed E-state index contributed by atoms with van der Waals surface area (Å²) in [6.07, 6.45) is -5.52.